The van der Waals surface area contributed by atoms with Crippen LogP contribution in [0.3, 0.4) is 0 Å². The molecule has 1 aliphatic heterocycles. The van der Waals surface area contributed by atoms with Gasteiger partial charge in [0, 0.05) is 31.9 Å². The zero-order chi connectivity index (χ0) is 8.23. The number of rotatable bonds is 2. The maximum Gasteiger partial charge on any atom is 0.0614 e. The van der Waals surface area contributed by atoms with Gasteiger partial charge in [-0.15, -0.1) is 0 Å². The Morgan fingerprint density at radius 3 is 2.92 bits per heavy atom. The monoisotopic (exact) mass is 163 g/mol. The second kappa shape index (κ2) is 3.65. The van der Waals surface area contributed by atoms with Crippen LogP contribution >= 0.6 is 0 Å². The van der Waals surface area contributed by atoms with E-state index in [0.29, 0.717) is 6.17 Å². The molecule has 0 spiro atoms. The molecule has 0 saturated carbocycles. The lowest BCUT2D eigenvalue weighted by Crippen LogP contribution is -2.33. The van der Waals surface area contributed by atoms with Gasteiger partial charge in [-0.1, -0.05) is 6.07 Å². The summed E-state index contributed by atoms with van der Waals surface area (Å²) in [6.45, 7) is 2.15. The first kappa shape index (κ1) is 7.71. The van der Waals surface area contributed by atoms with E-state index in [9.17, 15) is 0 Å². The number of nitrogens with one attached hydrogen (secondary N) is 2. The molecule has 0 aliphatic carbocycles. The predicted octanol–water partition coefficient (Wildman–Crippen LogP) is 0.143. The zero-order valence-corrected chi connectivity index (χ0v) is 6.96. The smallest absolute Gasteiger partial charge is 0.0614 e. The van der Waals surface area contributed by atoms with Crippen molar-refractivity contribution in [2.45, 2.75) is 12.6 Å². The Balaban J connectivity index is 1.94. The SMILES string of the molecule is c1cncc(CC2NCCN2)c1. The molecule has 0 amide bonds. The van der Waals surface area contributed by atoms with E-state index >= 15 is 0 Å². The zero-order valence-electron chi connectivity index (χ0n) is 6.96. The number of pyridine rings is 1. The van der Waals surface area contributed by atoms with Crippen LogP contribution in [0.5, 0.6) is 0 Å². The van der Waals surface area contributed by atoms with Crippen molar-refractivity contribution in [2.24, 2.45) is 0 Å². The Morgan fingerprint density at radius 2 is 2.25 bits per heavy atom. The minimum absolute atomic E-state index is 0.439. The van der Waals surface area contributed by atoms with Crippen LogP contribution < -0.4 is 10.6 Å². The van der Waals surface area contributed by atoms with Gasteiger partial charge < -0.3 is 10.6 Å². The number of hydrogen-bond acceptors (Lipinski definition) is 3. The van der Waals surface area contributed by atoms with E-state index in [2.05, 4.69) is 21.7 Å². The first-order valence-electron chi connectivity index (χ1n) is 4.31. The lowest BCUT2D eigenvalue weighted by molar-refractivity contribution is 0.550. The van der Waals surface area contributed by atoms with Gasteiger partial charge in [0.15, 0.2) is 0 Å². The molecule has 1 saturated heterocycles. The third-order valence-electron chi connectivity index (χ3n) is 2.07. The van der Waals surface area contributed by atoms with Crippen molar-refractivity contribution in [3.8, 4) is 0 Å². The van der Waals surface area contributed by atoms with Crippen LogP contribution in [-0.4, -0.2) is 24.2 Å². The first-order valence-corrected chi connectivity index (χ1v) is 4.31. The van der Waals surface area contributed by atoms with Gasteiger partial charge in [-0.25, -0.2) is 0 Å². The van der Waals surface area contributed by atoms with E-state index in [4.69, 9.17) is 0 Å². The van der Waals surface area contributed by atoms with E-state index < -0.39 is 0 Å². The van der Waals surface area contributed by atoms with Gasteiger partial charge in [0.1, 0.15) is 0 Å². The standard InChI is InChI=1S/C9H13N3/c1-2-8(7-10-3-1)6-9-11-4-5-12-9/h1-3,7,9,11-12H,4-6H2. The minimum Gasteiger partial charge on any atom is -0.300 e. The van der Waals surface area contributed by atoms with E-state index in [1.54, 1.807) is 6.20 Å². The van der Waals surface area contributed by atoms with Crippen LogP contribution in [0.1, 0.15) is 5.56 Å². The molecule has 1 fully saturated rings. The summed E-state index contributed by atoms with van der Waals surface area (Å²) in [5, 5.41) is 6.73. The van der Waals surface area contributed by atoms with Gasteiger partial charge in [-0.2, -0.15) is 0 Å². The van der Waals surface area contributed by atoms with E-state index in [1.165, 1.54) is 5.56 Å². The Hall–Kier alpha value is -0.930. The fraction of sp³-hybridized carbons (Fsp3) is 0.444. The van der Waals surface area contributed by atoms with Crippen LogP contribution in [-0.2, 0) is 6.42 Å². The Bertz CT molecular complexity index is 229. The maximum atomic E-state index is 4.07. The third-order valence-corrected chi connectivity index (χ3v) is 2.07. The summed E-state index contributed by atoms with van der Waals surface area (Å²) >= 11 is 0. The molecule has 0 atom stereocenters. The molecule has 1 aliphatic rings. The highest BCUT2D eigenvalue weighted by Gasteiger charge is 2.12. The van der Waals surface area contributed by atoms with Crippen molar-refractivity contribution in [3.05, 3.63) is 30.1 Å². The van der Waals surface area contributed by atoms with Gasteiger partial charge in [0.25, 0.3) is 0 Å². The fourth-order valence-corrected chi connectivity index (χ4v) is 1.46. The molecule has 2 rings (SSSR count). The van der Waals surface area contributed by atoms with Crippen LogP contribution in [0.15, 0.2) is 24.5 Å². The molecule has 3 nitrogen and oxygen atoms in total. The van der Waals surface area contributed by atoms with Crippen molar-refractivity contribution in [1.82, 2.24) is 15.6 Å². The molecular formula is C9H13N3. The molecule has 64 valence electrons. The normalized spacial score (nSPS) is 18.3. The first-order chi connectivity index (χ1) is 5.95. The minimum atomic E-state index is 0.439. The van der Waals surface area contributed by atoms with Crippen LogP contribution in [0.4, 0.5) is 0 Å². The van der Waals surface area contributed by atoms with Crippen LogP contribution in [0.2, 0.25) is 0 Å². The number of aromatic nitrogens is 1. The Kier molecular flexibility index (Phi) is 2.34. The quantitative estimate of drug-likeness (QED) is 0.651. The van der Waals surface area contributed by atoms with E-state index in [-0.39, 0.29) is 0 Å². The molecular weight excluding hydrogens is 150 g/mol. The van der Waals surface area contributed by atoms with E-state index in [1.807, 2.05) is 12.3 Å². The highest BCUT2D eigenvalue weighted by molar-refractivity contribution is 5.10. The highest BCUT2D eigenvalue weighted by atomic mass is 15.2. The summed E-state index contributed by atoms with van der Waals surface area (Å²) in [6.07, 6.45) is 5.18. The highest BCUT2D eigenvalue weighted by Crippen LogP contribution is 2.00. The molecule has 1 aromatic rings. The molecule has 0 radical (unpaired) electrons. The summed E-state index contributed by atoms with van der Waals surface area (Å²) in [6, 6.07) is 4.08. The lowest BCUT2D eigenvalue weighted by atomic mass is 10.2. The molecule has 12 heavy (non-hydrogen) atoms. The van der Waals surface area contributed by atoms with Crippen molar-refractivity contribution >= 4 is 0 Å². The molecule has 1 aromatic heterocycles. The van der Waals surface area contributed by atoms with Crippen LogP contribution in [0, 0.1) is 0 Å². The van der Waals surface area contributed by atoms with Crippen LogP contribution in [0.25, 0.3) is 0 Å². The number of nitrogens with zero attached hydrogens (tertiary/aromatic N) is 1. The predicted molar refractivity (Wildman–Crippen MR) is 47.7 cm³/mol. The van der Waals surface area contributed by atoms with Crippen molar-refractivity contribution < 1.29 is 0 Å². The summed E-state index contributed by atoms with van der Waals surface area (Å²) in [5.41, 5.74) is 1.28. The topological polar surface area (TPSA) is 37.0 Å². The van der Waals surface area contributed by atoms with Crippen molar-refractivity contribution in [2.75, 3.05) is 13.1 Å². The number of hydrogen-bond donors (Lipinski definition) is 2. The summed E-state index contributed by atoms with van der Waals surface area (Å²) in [5.74, 6) is 0. The van der Waals surface area contributed by atoms with Gasteiger partial charge in [0.05, 0.1) is 6.17 Å². The lowest BCUT2D eigenvalue weighted by Gasteiger charge is -2.09. The van der Waals surface area contributed by atoms with Gasteiger partial charge >= 0.3 is 0 Å². The second-order valence-corrected chi connectivity index (χ2v) is 3.03. The second-order valence-electron chi connectivity index (χ2n) is 3.03. The summed E-state index contributed by atoms with van der Waals surface area (Å²) < 4.78 is 0. The average Bonchev–Trinajstić information content (AvgIpc) is 2.59. The summed E-state index contributed by atoms with van der Waals surface area (Å²) in [4.78, 5) is 4.07. The van der Waals surface area contributed by atoms with Gasteiger partial charge in [-0.3, -0.25) is 4.98 Å². The largest absolute Gasteiger partial charge is 0.300 e. The van der Waals surface area contributed by atoms with Gasteiger partial charge in [-0.05, 0) is 11.6 Å². The molecule has 2 N–H and O–H groups in total. The fourth-order valence-electron chi connectivity index (χ4n) is 1.46. The maximum absolute atomic E-state index is 4.07. The molecule has 0 bridgehead atoms. The average molecular weight is 163 g/mol. The Labute approximate surface area is 72.2 Å². The van der Waals surface area contributed by atoms with Crippen molar-refractivity contribution in [1.29, 1.82) is 0 Å². The third kappa shape index (κ3) is 1.81. The molecule has 0 aromatic carbocycles. The summed E-state index contributed by atoms with van der Waals surface area (Å²) in [7, 11) is 0. The van der Waals surface area contributed by atoms with Crippen molar-refractivity contribution in [3.63, 3.8) is 0 Å². The molecule has 0 unspecified atom stereocenters. The molecule has 2 heterocycles. The van der Waals surface area contributed by atoms with E-state index in [0.717, 1.165) is 19.5 Å². The molecule has 3 heteroatoms. The van der Waals surface area contributed by atoms with Gasteiger partial charge in [0.2, 0.25) is 0 Å². The Morgan fingerprint density at radius 1 is 1.42 bits per heavy atom.